The minimum Gasteiger partial charge on any atom is -0.481 e. The van der Waals surface area contributed by atoms with Crippen LogP contribution in [0.5, 0.6) is 0 Å². The van der Waals surface area contributed by atoms with Crippen LogP contribution in [0.4, 0.5) is 0 Å². The molecule has 412 valence electrons. The molecular weight excluding hydrogens is 977 g/mol. The molecule has 16 heteroatoms. The highest BCUT2D eigenvalue weighted by Crippen LogP contribution is 2.41. The molecule has 0 aliphatic carbocycles. The van der Waals surface area contributed by atoms with Gasteiger partial charge in [-0.2, -0.15) is 0 Å². The Morgan fingerprint density at radius 1 is 0.378 bits per heavy atom. The second kappa shape index (κ2) is 35.2. The zero-order valence-electron chi connectivity index (χ0n) is 45.4. The number of carbonyl (C=O) groups excluding carboxylic acids is 1. The van der Waals surface area contributed by atoms with E-state index in [0.29, 0.717) is 99.1 Å². The van der Waals surface area contributed by atoms with Crippen LogP contribution in [-0.4, -0.2) is 155 Å². The lowest BCUT2D eigenvalue weighted by Gasteiger charge is -2.41. The van der Waals surface area contributed by atoms with Crippen molar-refractivity contribution < 1.29 is 66.9 Å². The fourth-order valence-electron chi connectivity index (χ4n) is 8.44. The topological polar surface area (TPSA) is 178 Å². The Bertz CT molecular complexity index is 1980. The van der Waals surface area contributed by atoms with Gasteiger partial charge in [0.25, 0.3) is 16.6 Å². The molecule has 0 amide bonds. The average molecular weight is 1070 g/mol. The molecule has 4 rings (SSSR count). The Morgan fingerprint density at radius 3 is 0.878 bits per heavy atom. The second-order valence-electron chi connectivity index (χ2n) is 20.2. The van der Waals surface area contributed by atoms with Crippen LogP contribution in [0.25, 0.3) is 0 Å². The van der Waals surface area contributed by atoms with E-state index in [2.05, 4.69) is 52.0 Å². The summed E-state index contributed by atoms with van der Waals surface area (Å²) in [5, 5.41) is 12.1. The van der Waals surface area contributed by atoms with E-state index in [-0.39, 0.29) is 35.5 Å². The van der Waals surface area contributed by atoms with Crippen LogP contribution in [0.2, 0.25) is 10.1 Å². The van der Waals surface area contributed by atoms with Crippen LogP contribution < -0.4 is 20.7 Å². The number of carboxylic acids is 1. The molecule has 0 spiro atoms. The monoisotopic (exact) mass is 1060 g/mol. The minimum atomic E-state index is -2.97. The van der Waals surface area contributed by atoms with E-state index < -0.39 is 28.2 Å². The standard InChI is InChI=1S/C31H48O7Si.C27H40O7Si/c1-30(2,3)38-29(32)17-20-35-22-24-37-26-25-36-23-21-34-19-12-18-31(4,5)39(33,27-13-8-6-9-14-27)28-15-10-7-11-16-28;1-27(2,35(30,24-10-5-3-6-11-24)25-12-7-4-8-13-25)15-9-16-31-18-20-33-22-23-34-21-19-32-17-14-26(28)29/h6-11,13-16,33H,12,17-26H2,1-5H3;3-8,10-13,30H,9,14-23H2,1-2H3,(H,28,29). The van der Waals surface area contributed by atoms with Gasteiger partial charge in [-0.3, -0.25) is 9.59 Å². The number of hydrogen-bond donors (Lipinski definition) is 3. The lowest BCUT2D eigenvalue weighted by molar-refractivity contribution is -0.156. The Morgan fingerprint density at radius 2 is 0.622 bits per heavy atom. The summed E-state index contributed by atoms with van der Waals surface area (Å²) < 4.78 is 49.2. The molecular formula is C58H88O14Si2. The molecule has 0 atom stereocenters. The molecule has 0 radical (unpaired) electrons. The largest absolute Gasteiger partial charge is 0.481 e. The van der Waals surface area contributed by atoms with E-state index in [1.165, 1.54) is 0 Å². The first-order chi connectivity index (χ1) is 35.4. The Kier molecular flexibility index (Phi) is 30.5. The zero-order chi connectivity index (χ0) is 54.0. The molecule has 0 aliphatic heterocycles. The van der Waals surface area contributed by atoms with E-state index in [1.807, 2.05) is 118 Å². The van der Waals surface area contributed by atoms with Crippen molar-refractivity contribution in [1.29, 1.82) is 0 Å². The molecule has 0 fully saturated rings. The third-order valence-corrected chi connectivity index (χ3v) is 21.6. The molecule has 4 aromatic rings. The minimum absolute atomic E-state index is 0.00344. The lowest BCUT2D eigenvalue weighted by atomic mass is 10.1. The predicted octanol–water partition coefficient (Wildman–Crippen LogP) is 6.94. The molecule has 0 aromatic heterocycles. The van der Waals surface area contributed by atoms with Gasteiger partial charge in [0, 0.05) is 13.2 Å². The summed E-state index contributed by atoms with van der Waals surface area (Å²) in [6.07, 6.45) is 3.66. The first-order valence-electron chi connectivity index (χ1n) is 26.2. The highest BCUT2D eigenvalue weighted by atomic mass is 28.4. The highest BCUT2D eigenvalue weighted by molar-refractivity contribution is 6.99. The van der Waals surface area contributed by atoms with Crippen molar-refractivity contribution in [2.45, 2.75) is 103 Å². The SMILES string of the molecule is CC(C)(C)OC(=O)CCOCCOCCOCCOCCCC(C)(C)[Si](O)(c1ccccc1)c1ccccc1.CC(C)(CCCOCCOCCOCCOCCC(=O)O)[Si](O)(c1ccccc1)c1ccccc1. The number of carbonyl (C=O) groups is 2. The highest BCUT2D eigenvalue weighted by Gasteiger charge is 2.50. The number of aliphatic carboxylic acids is 1. The van der Waals surface area contributed by atoms with Gasteiger partial charge in [-0.15, -0.1) is 0 Å². The number of carboxylic acid groups (broad SMARTS) is 1. The van der Waals surface area contributed by atoms with Crippen molar-refractivity contribution in [2.24, 2.45) is 0 Å². The van der Waals surface area contributed by atoms with Crippen LogP contribution >= 0.6 is 0 Å². The summed E-state index contributed by atoms with van der Waals surface area (Å²) in [5.74, 6) is -1.13. The summed E-state index contributed by atoms with van der Waals surface area (Å²) in [6, 6.07) is 40.4. The smallest absolute Gasteiger partial charge is 0.308 e. The predicted molar refractivity (Wildman–Crippen MR) is 296 cm³/mol. The average Bonchev–Trinajstić information content (AvgIpc) is 3.38. The summed E-state index contributed by atoms with van der Waals surface area (Å²) in [5.41, 5.74) is -0.471. The van der Waals surface area contributed by atoms with Gasteiger partial charge in [-0.25, -0.2) is 0 Å². The van der Waals surface area contributed by atoms with E-state index in [1.54, 1.807) is 0 Å². The molecule has 14 nitrogen and oxygen atoms in total. The molecule has 0 saturated carbocycles. The maximum atomic E-state index is 12.2. The van der Waals surface area contributed by atoms with Gasteiger partial charge >= 0.3 is 11.9 Å². The third kappa shape index (κ3) is 23.8. The number of hydrogen-bond acceptors (Lipinski definition) is 13. The molecule has 0 aliphatic rings. The maximum Gasteiger partial charge on any atom is 0.308 e. The molecule has 0 bridgehead atoms. The van der Waals surface area contributed by atoms with Gasteiger partial charge in [-0.1, -0.05) is 149 Å². The molecule has 0 saturated heterocycles. The second-order valence-corrected chi connectivity index (χ2v) is 28.1. The number of esters is 1. The quantitative estimate of drug-likeness (QED) is 0.0239. The Labute approximate surface area is 444 Å². The zero-order valence-corrected chi connectivity index (χ0v) is 47.4. The Hall–Kier alpha value is -4.15. The lowest BCUT2D eigenvalue weighted by Crippen LogP contribution is -2.65. The van der Waals surface area contributed by atoms with Gasteiger partial charge in [0.05, 0.1) is 105 Å². The summed E-state index contributed by atoms with van der Waals surface area (Å²) in [4.78, 5) is 46.3. The van der Waals surface area contributed by atoms with Crippen molar-refractivity contribution >= 4 is 49.3 Å². The first kappa shape index (κ1) is 64.1. The van der Waals surface area contributed by atoms with Crippen LogP contribution in [0.3, 0.4) is 0 Å². The summed E-state index contributed by atoms with van der Waals surface area (Å²) in [6.45, 7) is 21.6. The van der Waals surface area contributed by atoms with Crippen molar-refractivity contribution in [3.05, 3.63) is 121 Å². The summed E-state index contributed by atoms with van der Waals surface area (Å²) in [7, 11) is -5.94. The van der Waals surface area contributed by atoms with E-state index in [4.69, 9.17) is 47.7 Å². The third-order valence-electron chi connectivity index (χ3n) is 12.5. The molecule has 74 heavy (non-hydrogen) atoms. The number of ether oxygens (including phenoxy) is 9. The van der Waals surface area contributed by atoms with Crippen molar-refractivity contribution in [3.8, 4) is 0 Å². The fourth-order valence-corrected chi connectivity index (χ4v) is 16.0. The fraction of sp³-hybridized carbons (Fsp3) is 0.552. The molecule has 0 unspecified atom stereocenters. The van der Waals surface area contributed by atoms with Gasteiger partial charge in [0.2, 0.25) is 0 Å². The van der Waals surface area contributed by atoms with Gasteiger partial charge in [-0.05, 0) is 77.3 Å². The summed E-state index contributed by atoms with van der Waals surface area (Å²) >= 11 is 0. The van der Waals surface area contributed by atoms with Crippen molar-refractivity contribution in [1.82, 2.24) is 0 Å². The van der Waals surface area contributed by atoms with Crippen LogP contribution in [0, 0.1) is 0 Å². The van der Waals surface area contributed by atoms with E-state index in [0.717, 1.165) is 46.4 Å². The van der Waals surface area contributed by atoms with Gasteiger partial charge in [0.15, 0.2) is 0 Å². The van der Waals surface area contributed by atoms with Crippen LogP contribution in [-0.2, 0) is 52.2 Å². The molecule has 4 aromatic carbocycles. The number of benzene rings is 4. The van der Waals surface area contributed by atoms with Crippen LogP contribution in [0.1, 0.15) is 87.0 Å². The van der Waals surface area contributed by atoms with Crippen LogP contribution in [0.15, 0.2) is 121 Å². The van der Waals surface area contributed by atoms with Gasteiger partial charge < -0.3 is 57.3 Å². The molecule has 3 N–H and O–H groups in total. The Balaban J connectivity index is 0.000000393. The first-order valence-corrected chi connectivity index (χ1v) is 30.1. The van der Waals surface area contributed by atoms with Gasteiger partial charge in [0.1, 0.15) is 5.60 Å². The van der Waals surface area contributed by atoms with Crippen molar-refractivity contribution in [2.75, 3.05) is 106 Å². The van der Waals surface area contributed by atoms with E-state index in [9.17, 15) is 19.2 Å². The van der Waals surface area contributed by atoms with Crippen molar-refractivity contribution in [3.63, 3.8) is 0 Å². The maximum absolute atomic E-state index is 12.2. The number of rotatable bonds is 38. The normalized spacial score (nSPS) is 12.3. The van der Waals surface area contributed by atoms with E-state index >= 15 is 0 Å². The molecule has 0 heterocycles.